The highest BCUT2D eigenvalue weighted by molar-refractivity contribution is 6.33. The fourth-order valence-corrected chi connectivity index (χ4v) is 5.53. The number of benzene rings is 3. The van der Waals surface area contributed by atoms with Gasteiger partial charge in [-0.1, -0.05) is 103 Å². The van der Waals surface area contributed by atoms with Crippen LogP contribution < -0.4 is 5.48 Å². The minimum absolute atomic E-state index is 0.0659. The molecule has 1 aliphatic rings. The first-order valence-electron chi connectivity index (χ1n) is 14.0. The van der Waals surface area contributed by atoms with Crippen molar-refractivity contribution in [2.24, 2.45) is 0 Å². The normalized spacial score (nSPS) is 21.8. The fourth-order valence-electron chi connectivity index (χ4n) is 5.32. The summed E-state index contributed by atoms with van der Waals surface area (Å²) in [5.74, 6) is -0.0659. The average molecular weight is 602 g/mol. The van der Waals surface area contributed by atoms with Crippen LogP contribution in [0.1, 0.15) is 29.8 Å². The Bertz CT molecular complexity index is 1630. The maximum absolute atomic E-state index is 9.53. The number of ether oxygens (including phenoxy) is 4. The largest absolute Gasteiger partial charge is 0.374 e. The second kappa shape index (κ2) is 13.2. The van der Waals surface area contributed by atoms with Crippen molar-refractivity contribution in [3.8, 4) is 0 Å². The van der Waals surface area contributed by atoms with Crippen molar-refractivity contribution in [1.29, 1.82) is 0 Å². The van der Waals surface area contributed by atoms with E-state index in [4.69, 9.17) is 30.5 Å². The van der Waals surface area contributed by atoms with Gasteiger partial charge in [0.05, 0.1) is 32.8 Å². The zero-order chi connectivity index (χ0) is 29.6. The highest BCUT2D eigenvalue weighted by Crippen LogP contribution is 2.45. The second-order valence-corrected chi connectivity index (χ2v) is 10.8. The lowest BCUT2D eigenvalue weighted by Crippen LogP contribution is -2.48. The van der Waals surface area contributed by atoms with Gasteiger partial charge in [0, 0.05) is 0 Å². The summed E-state index contributed by atoms with van der Waals surface area (Å²) in [7, 11) is 0. The van der Waals surface area contributed by atoms with Crippen molar-refractivity contribution in [3.63, 3.8) is 0 Å². The molecule has 3 aromatic carbocycles. The van der Waals surface area contributed by atoms with Gasteiger partial charge in [0.15, 0.2) is 17.0 Å². The monoisotopic (exact) mass is 601 g/mol. The van der Waals surface area contributed by atoms with Gasteiger partial charge in [-0.05, 0) is 23.6 Å². The molecule has 2 aromatic heterocycles. The van der Waals surface area contributed by atoms with E-state index < -0.39 is 24.0 Å². The van der Waals surface area contributed by atoms with Crippen LogP contribution in [-0.4, -0.2) is 49.1 Å². The molecule has 1 fully saturated rings. The lowest BCUT2D eigenvalue weighted by molar-refractivity contribution is -0.160. The molecule has 10 nitrogen and oxygen atoms in total. The first-order chi connectivity index (χ1) is 21.0. The molecule has 1 aliphatic heterocycles. The predicted molar refractivity (Wildman–Crippen MR) is 160 cm³/mol. The molecular weight excluding hydrogens is 570 g/mol. The molecule has 222 valence electrons. The number of halogens is 1. The van der Waals surface area contributed by atoms with Crippen LogP contribution in [-0.2, 0) is 38.8 Å². The Morgan fingerprint density at radius 3 is 2.12 bits per heavy atom. The Labute approximate surface area is 254 Å². The van der Waals surface area contributed by atoms with Crippen LogP contribution >= 0.6 is 11.6 Å². The maximum atomic E-state index is 9.53. The first-order valence-corrected chi connectivity index (χ1v) is 14.3. The van der Waals surface area contributed by atoms with Crippen LogP contribution in [0.4, 0.5) is 5.95 Å². The third-order valence-electron chi connectivity index (χ3n) is 7.49. The van der Waals surface area contributed by atoms with Gasteiger partial charge in [-0.3, -0.25) is 9.77 Å². The molecule has 11 heteroatoms. The lowest BCUT2D eigenvalue weighted by atomic mass is 9.95. The molecule has 1 saturated heterocycles. The van der Waals surface area contributed by atoms with E-state index in [2.05, 4.69) is 15.0 Å². The smallest absolute Gasteiger partial charge is 0.250 e. The number of rotatable bonds is 12. The van der Waals surface area contributed by atoms with E-state index in [1.165, 1.54) is 0 Å². The molecule has 2 N–H and O–H groups in total. The van der Waals surface area contributed by atoms with Crippen LogP contribution in [0.3, 0.4) is 0 Å². The van der Waals surface area contributed by atoms with E-state index in [9.17, 15) is 5.21 Å². The highest BCUT2D eigenvalue weighted by Gasteiger charge is 2.57. The van der Waals surface area contributed by atoms with Gasteiger partial charge in [-0.2, -0.15) is 9.97 Å². The second-order valence-electron chi connectivity index (χ2n) is 10.5. The molecule has 6 rings (SSSR count). The molecule has 0 amide bonds. The average Bonchev–Trinajstić information content (AvgIpc) is 3.59. The fraction of sp³-hybridized carbons (Fsp3) is 0.281. The standard InChI is InChI=1S/C32H32ClN5O5/c1-32(42-19-24-15-9-4-10-16-24)27(41-18-23-13-7-3-8-14-23)25(20-40-17-22-11-5-2-6-12-22)43-30(32)38-21-34-26-28(33)35-31(37-39)36-29(26)38/h2-16,21,25,27,30,39H,17-20H2,1H3,(H,35,36,37)/t25-,27-,30-,32-/m1/s1. The topological polar surface area (TPSA) is 113 Å². The minimum atomic E-state index is -1.04. The number of fused-ring (bicyclic) bond motifs is 1. The van der Waals surface area contributed by atoms with Crippen LogP contribution in [0.25, 0.3) is 11.2 Å². The van der Waals surface area contributed by atoms with Crippen molar-refractivity contribution in [3.05, 3.63) is 119 Å². The van der Waals surface area contributed by atoms with Gasteiger partial charge in [0.2, 0.25) is 5.95 Å². The molecule has 4 atom stereocenters. The Balaban J connectivity index is 1.36. The van der Waals surface area contributed by atoms with E-state index in [1.807, 2.05) is 103 Å². The van der Waals surface area contributed by atoms with Crippen LogP contribution in [0, 0.1) is 0 Å². The summed E-state index contributed by atoms with van der Waals surface area (Å²) in [4.78, 5) is 12.9. The highest BCUT2D eigenvalue weighted by atomic mass is 35.5. The molecule has 5 aromatic rings. The zero-order valence-electron chi connectivity index (χ0n) is 23.5. The van der Waals surface area contributed by atoms with Crippen molar-refractivity contribution < 1.29 is 24.2 Å². The van der Waals surface area contributed by atoms with Gasteiger partial charge in [0.25, 0.3) is 0 Å². The molecule has 3 heterocycles. The lowest BCUT2D eigenvalue weighted by Gasteiger charge is -2.35. The Morgan fingerprint density at radius 1 is 0.884 bits per heavy atom. The maximum Gasteiger partial charge on any atom is 0.250 e. The summed E-state index contributed by atoms with van der Waals surface area (Å²) in [5.41, 5.74) is 4.73. The quantitative estimate of drug-likeness (QED) is 0.132. The zero-order valence-corrected chi connectivity index (χ0v) is 24.3. The predicted octanol–water partition coefficient (Wildman–Crippen LogP) is 5.96. The van der Waals surface area contributed by atoms with Crippen LogP contribution in [0.2, 0.25) is 5.15 Å². The molecule has 0 radical (unpaired) electrons. The van der Waals surface area contributed by atoms with Gasteiger partial charge < -0.3 is 18.9 Å². The van der Waals surface area contributed by atoms with E-state index in [0.717, 1.165) is 16.7 Å². The van der Waals surface area contributed by atoms with Crippen molar-refractivity contribution in [2.45, 2.75) is 50.8 Å². The number of nitrogens with one attached hydrogen (secondary N) is 1. The summed E-state index contributed by atoms with van der Waals surface area (Å²) < 4.78 is 28.0. The molecule has 0 spiro atoms. The summed E-state index contributed by atoms with van der Waals surface area (Å²) in [6.07, 6.45) is -0.224. The minimum Gasteiger partial charge on any atom is -0.374 e. The summed E-state index contributed by atoms with van der Waals surface area (Å²) >= 11 is 6.38. The number of anilines is 1. The number of aromatic nitrogens is 4. The van der Waals surface area contributed by atoms with E-state index in [-0.39, 0.29) is 17.7 Å². The SMILES string of the molecule is C[C@@]1(OCc2ccccc2)[C@H](OCc2ccccc2)[C@@H](COCc2ccccc2)O[C@H]1n1cnc2c(Cl)nc(NO)nc21. The van der Waals surface area contributed by atoms with Gasteiger partial charge >= 0.3 is 0 Å². The van der Waals surface area contributed by atoms with Gasteiger partial charge in [-0.25, -0.2) is 10.5 Å². The number of nitrogens with zero attached hydrogens (tertiary/aromatic N) is 4. The molecule has 0 unspecified atom stereocenters. The van der Waals surface area contributed by atoms with E-state index in [1.54, 1.807) is 10.9 Å². The van der Waals surface area contributed by atoms with Crippen molar-refractivity contribution in [2.75, 3.05) is 12.1 Å². The molecule has 0 bridgehead atoms. The molecule has 43 heavy (non-hydrogen) atoms. The van der Waals surface area contributed by atoms with E-state index in [0.29, 0.717) is 31.0 Å². The van der Waals surface area contributed by atoms with Gasteiger partial charge in [-0.15, -0.1) is 0 Å². The third-order valence-corrected chi connectivity index (χ3v) is 7.75. The van der Waals surface area contributed by atoms with Crippen LogP contribution in [0.15, 0.2) is 97.3 Å². The summed E-state index contributed by atoms with van der Waals surface area (Å²) in [6, 6.07) is 29.8. The number of hydrogen-bond acceptors (Lipinski definition) is 9. The van der Waals surface area contributed by atoms with Gasteiger partial charge in [0.1, 0.15) is 23.3 Å². The molecular formula is C32H32ClN5O5. The summed E-state index contributed by atoms with van der Waals surface area (Å²) in [5, 5.41) is 9.61. The van der Waals surface area contributed by atoms with Crippen molar-refractivity contribution in [1.82, 2.24) is 19.5 Å². The Kier molecular flexibility index (Phi) is 8.94. The van der Waals surface area contributed by atoms with E-state index >= 15 is 0 Å². The molecule has 0 aliphatic carbocycles. The Morgan fingerprint density at radius 2 is 1.49 bits per heavy atom. The summed E-state index contributed by atoms with van der Waals surface area (Å²) in [6.45, 7) is 3.29. The van der Waals surface area contributed by atoms with Crippen molar-refractivity contribution >= 4 is 28.7 Å². The third kappa shape index (κ3) is 6.40. The number of imidazole rings is 1. The Hall–Kier alpha value is -3.90. The van der Waals surface area contributed by atoms with Crippen LogP contribution in [0.5, 0.6) is 0 Å². The number of hydrogen-bond donors (Lipinski definition) is 2. The molecule has 0 saturated carbocycles. The first kappa shape index (κ1) is 29.2.